The van der Waals surface area contributed by atoms with Crippen molar-refractivity contribution in [3.63, 3.8) is 0 Å². The van der Waals surface area contributed by atoms with Gasteiger partial charge in [-0.2, -0.15) is 4.99 Å². The molecule has 19 heavy (non-hydrogen) atoms. The average Bonchev–Trinajstić information content (AvgIpc) is 2.41. The number of ether oxygens (including phenoxy) is 2. The van der Waals surface area contributed by atoms with Gasteiger partial charge in [-0.25, -0.2) is 9.18 Å². The maximum atomic E-state index is 13.2. The van der Waals surface area contributed by atoms with Crippen LogP contribution >= 0.6 is 0 Å². The van der Waals surface area contributed by atoms with E-state index in [1.807, 2.05) is 0 Å². The molecule has 0 atom stereocenters. The van der Waals surface area contributed by atoms with Crippen LogP contribution in [0.4, 0.5) is 4.39 Å². The Morgan fingerprint density at radius 1 is 1.32 bits per heavy atom. The zero-order valence-electron chi connectivity index (χ0n) is 11.0. The first-order valence-corrected chi connectivity index (χ1v) is 6.11. The van der Waals surface area contributed by atoms with Crippen molar-refractivity contribution in [2.45, 2.75) is 31.5 Å². The Morgan fingerprint density at radius 3 is 2.37 bits per heavy atom. The van der Waals surface area contributed by atoms with Crippen LogP contribution in [-0.2, 0) is 17.0 Å². The van der Waals surface area contributed by atoms with Crippen molar-refractivity contribution in [1.82, 2.24) is 0 Å². The third kappa shape index (κ3) is 2.22. The molecule has 0 unspecified atom stereocenters. The number of hydrogen-bond donors (Lipinski definition) is 0. The van der Waals surface area contributed by atoms with Gasteiger partial charge < -0.3 is 9.47 Å². The number of hydrogen-bond acceptors (Lipinski definition) is 4. The second-order valence-electron chi connectivity index (χ2n) is 4.59. The van der Waals surface area contributed by atoms with E-state index in [0.717, 1.165) is 19.3 Å². The number of nitrogens with zero attached hydrogens (tertiary/aromatic N) is 1. The molecule has 102 valence electrons. The average molecular weight is 265 g/mol. The third-order valence-corrected chi connectivity index (χ3v) is 3.70. The van der Waals surface area contributed by atoms with Crippen LogP contribution < -0.4 is 9.47 Å². The van der Waals surface area contributed by atoms with E-state index in [2.05, 4.69) is 4.99 Å². The molecule has 2 rings (SSSR count). The van der Waals surface area contributed by atoms with Crippen molar-refractivity contribution in [3.05, 3.63) is 23.3 Å². The van der Waals surface area contributed by atoms with E-state index in [-0.39, 0.29) is 0 Å². The summed E-state index contributed by atoms with van der Waals surface area (Å²) in [4.78, 5) is 14.5. The number of isocyanates is 1. The van der Waals surface area contributed by atoms with E-state index < -0.39 is 12.2 Å². The first-order valence-electron chi connectivity index (χ1n) is 6.11. The lowest BCUT2D eigenvalue weighted by Gasteiger charge is -2.38. The molecule has 0 radical (unpaired) electrons. The van der Waals surface area contributed by atoms with Gasteiger partial charge in [0.1, 0.15) is 6.67 Å². The van der Waals surface area contributed by atoms with Crippen molar-refractivity contribution in [2.24, 2.45) is 4.99 Å². The van der Waals surface area contributed by atoms with Crippen LogP contribution in [0, 0.1) is 0 Å². The molecule has 1 aliphatic rings. The molecule has 4 nitrogen and oxygen atoms in total. The Balaban J connectivity index is 2.58. The predicted molar refractivity (Wildman–Crippen MR) is 68.0 cm³/mol. The van der Waals surface area contributed by atoms with Gasteiger partial charge in [-0.3, -0.25) is 0 Å². The molecule has 1 aromatic carbocycles. The largest absolute Gasteiger partial charge is 0.493 e. The highest BCUT2D eigenvalue weighted by Crippen LogP contribution is 2.48. The van der Waals surface area contributed by atoms with Gasteiger partial charge in [0, 0.05) is 0 Å². The lowest BCUT2D eigenvalue weighted by atomic mass is 9.71. The smallest absolute Gasteiger partial charge is 0.235 e. The number of alkyl halides is 1. The summed E-state index contributed by atoms with van der Waals surface area (Å²) < 4.78 is 23.6. The van der Waals surface area contributed by atoms with Gasteiger partial charge in [-0.05, 0) is 42.5 Å². The quantitative estimate of drug-likeness (QED) is 0.607. The summed E-state index contributed by atoms with van der Waals surface area (Å²) in [5.74, 6) is 0.991. The second kappa shape index (κ2) is 5.41. The molecule has 1 fully saturated rings. The van der Waals surface area contributed by atoms with E-state index in [4.69, 9.17) is 9.47 Å². The van der Waals surface area contributed by atoms with Gasteiger partial charge in [0.25, 0.3) is 0 Å². The molecule has 0 amide bonds. The zero-order chi connectivity index (χ0) is 13.9. The van der Waals surface area contributed by atoms with Crippen molar-refractivity contribution in [1.29, 1.82) is 0 Å². The van der Waals surface area contributed by atoms with Crippen LogP contribution in [0.5, 0.6) is 11.5 Å². The van der Waals surface area contributed by atoms with Crippen LogP contribution in [-0.4, -0.2) is 20.3 Å². The molecule has 0 aromatic heterocycles. The SMILES string of the molecule is COc1cc(CF)c(C2(N=C=O)CCC2)cc1OC. The second-order valence-corrected chi connectivity index (χ2v) is 4.59. The topological polar surface area (TPSA) is 47.9 Å². The first-order chi connectivity index (χ1) is 9.20. The molecule has 0 aliphatic heterocycles. The van der Waals surface area contributed by atoms with Gasteiger partial charge in [0.2, 0.25) is 6.08 Å². The first kappa shape index (κ1) is 13.6. The molecule has 1 saturated carbocycles. The lowest BCUT2D eigenvalue weighted by Crippen LogP contribution is -2.33. The minimum absolute atomic E-state index is 0.475. The van der Waals surface area contributed by atoms with Crippen LogP contribution in [0.3, 0.4) is 0 Å². The van der Waals surface area contributed by atoms with Crippen molar-refractivity contribution >= 4 is 6.08 Å². The summed E-state index contributed by atoms with van der Waals surface area (Å²) in [7, 11) is 3.02. The summed E-state index contributed by atoms with van der Waals surface area (Å²) in [6.07, 6.45) is 4.02. The molecule has 0 bridgehead atoms. The number of methoxy groups -OCH3 is 2. The molecule has 0 heterocycles. The maximum Gasteiger partial charge on any atom is 0.235 e. The van der Waals surface area contributed by atoms with Crippen LogP contribution in [0.15, 0.2) is 17.1 Å². The summed E-state index contributed by atoms with van der Waals surface area (Å²) in [6, 6.07) is 3.32. The molecular weight excluding hydrogens is 249 g/mol. The standard InChI is InChI=1S/C14H16FNO3/c1-18-12-6-10(8-15)11(7-13(12)19-2)14(16-9-17)4-3-5-14/h6-7H,3-5,8H2,1-2H3. The minimum atomic E-state index is -0.636. The van der Waals surface area contributed by atoms with E-state index in [1.54, 1.807) is 18.2 Å². The number of carbonyl (C=O) groups excluding carboxylic acids is 1. The normalized spacial score (nSPS) is 16.2. The fraction of sp³-hybridized carbons (Fsp3) is 0.500. The maximum absolute atomic E-state index is 13.2. The summed E-state index contributed by atoms with van der Waals surface area (Å²) in [6.45, 7) is -0.633. The molecule has 0 N–H and O–H groups in total. The fourth-order valence-electron chi connectivity index (χ4n) is 2.51. The van der Waals surface area contributed by atoms with Gasteiger partial charge in [0.05, 0.1) is 19.8 Å². The van der Waals surface area contributed by atoms with Gasteiger partial charge in [0.15, 0.2) is 11.5 Å². The molecule has 0 spiro atoms. The number of halogens is 1. The number of benzene rings is 1. The third-order valence-electron chi connectivity index (χ3n) is 3.70. The van der Waals surface area contributed by atoms with Crippen LogP contribution in [0.1, 0.15) is 30.4 Å². The lowest BCUT2D eigenvalue weighted by molar-refractivity contribution is 0.250. The highest BCUT2D eigenvalue weighted by molar-refractivity contribution is 5.51. The van der Waals surface area contributed by atoms with Gasteiger partial charge >= 0.3 is 0 Å². The van der Waals surface area contributed by atoms with Crippen LogP contribution in [0.2, 0.25) is 0 Å². The fourth-order valence-corrected chi connectivity index (χ4v) is 2.51. The Bertz CT molecular complexity index is 520. The van der Waals surface area contributed by atoms with Gasteiger partial charge in [-0.15, -0.1) is 0 Å². The monoisotopic (exact) mass is 265 g/mol. The molecule has 5 heteroatoms. The van der Waals surface area contributed by atoms with E-state index in [0.29, 0.717) is 22.6 Å². The zero-order valence-corrected chi connectivity index (χ0v) is 11.0. The minimum Gasteiger partial charge on any atom is -0.493 e. The highest BCUT2D eigenvalue weighted by Gasteiger charge is 2.41. The Labute approximate surface area is 111 Å². The molecular formula is C14H16FNO3. The molecule has 1 aliphatic carbocycles. The van der Waals surface area contributed by atoms with E-state index >= 15 is 0 Å². The highest BCUT2D eigenvalue weighted by atomic mass is 19.1. The Hall–Kier alpha value is -1.87. The summed E-state index contributed by atoms with van der Waals surface area (Å²) >= 11 is 0. The van der Waals surface area contributed by atoms with Gasteiger partial charge in [-0.1, -0.05) is 0 Å². The summed E-state index contributed by atoms with van der Waals surface area (Å²) in [5.41, 5.74) is 0.543. The number of aliphatic imine (C=N–C) groups is 1. The van der Waals surface area contributed by atoms with Crippen molar-refractivity contribution in [2.75, 3.05) is 14.2 Å². The Morgan fingerprint density at radius 2 is 1.95 bits per heavy atom. The van der Waals surface area contributed by atoms with E-state index in [9.17, 15) is 9.18 Å². The molecule has 1 aromatic rings. The van der Waals surface area contributed by atoms with E-state index in [1.165, 1.54) is 14.2 Å². The number of rotatable bonds is 5. The van der Waals surface area contributed by atoms with Crippen molar-refractivity contribution < 1.29 is 18.7 Å². The summed E-state index contributed by atoms with van der Waals surface area (Å²) in [5, 5.41) is 0. The van der Waals surface area contributed by atoms with Crippen molar-refractivity contribution in [3.8, 4) is 11.5 Å². The molecule has 0 saturated heterocycles. The van der Waals surface area contributed by atoms with Crippen LogP contribution in [0.25, 0.3) is 0 Å². The Kier molecular flexibility index (Phi) is 3.86. The predicted octanol–water partition coefficient (Wildman–Crippen LogP) is 2.89.